The van der Waals surface area contributed by atoms with E-state index in [1.54, 1.807) is 75.4 Å². The summed E-state index contributed by atoms with van der Waals surface area (Å²) in [7, 11) is 0. The maximum atomic E-state index is 12.3. The standard InChI is InChI=1S/C29H25N5O5S/c1-17-23(33-28(38-17)39-27(35)19-7-5-4-6-8-19)15-40-26-22(14-31)24(21(13-30)25(32)34-26)18-9-11-20(12-10-18)37-16-29(2,3)36/h4-12,36H,15-16H2,1-3H3,(H2,32,34). The van der Waals surface area contributed by atoms with Crippen LogP contribution in [0.5, 0.6) is 11.8 Å². The number of anilines is 1. The molecule has 11 heteroatoms. The molecule has 2 aromatic heterocycles. The van der Waals surface area contributed by atoms with Gasteiger partial charge in [-0.15, -0.1) is 0 Å². The van der Waals surface area contributed by atoms with Gasteiger partial charge in [-0.05, 0) is 50.6 Å². The predicted octanol–water partition coefficient (Wildman–Crippen LogP) is 5.03. The molecule has 2 aromatic carbocycles. The lowest BCUT2D eigenvalue weighted by atomic mass is 9.97. The number of hydrogen-bond acceptors (Lipinski definition) is 11. The molecule has 0 unspecified atom stereocenters. The third kappa shape index (κ3) is 6.59. The minimum absolute atomic E-state index is 0.0179. The number of nitrogens with two attached hydrogens (primary N) is 1. The maximum Gasteiger partial charge on any atom is 0.402 e. The molecule has 40 heavy (non-hydrogen) atoms. The van der Waals surface area contributed by atoms with E-state index in [1.807, 2.05) is 0 Å². The van der Waals surface area contributed by atoms with E-state index in [-0.39, 0.29) is 35.4 Å². The number of oxazole rings is 1. The second-order valence-electron chi connectivity index (χ2n) is 9.30. The molecule has 0 bridgehead atoms. The van der Waals surface area contributed by atoms with Gasteiger partial charge in [0.2, 0.25) is 0 Å². The molecule has 2 heterocycles. The zero-order valence-corrected chi connectivity index (χ0v) is 22.8. The number of pyridine rings is 1. The Labute approximate surface area is 235 Å². The Morgan fingerprint density at radius 3 is 2.38 bits per heavy atom. The van der Waals surface area contributed by atoms with Gasteiger partial charge in [-0.1, -0.05) is 42.1 Å². The highest BCUT2D eigenvalue weighted by Crippen LogP contribution is 2.37. The highest BCUT2D eigenvalue weighted by molar-refractivity contribution is 7.98. The van der Waals surface area contributed by atoms with Crippen LogP contribution in [0.4, 0.5) is 5.82 Å². The Balaban J connectivity index is 1.58. The molecule has 0 saturated carbocycles. The van der Waals surface area contributed by atoms with Gasteiger partial charge in [0.25, 0.3) is 0 Å². The average Bonchev–Trinajstić information content (AvgIpc) is 3.29. The number of thioether (sulfide) groups is 1. The summed E-state index contributed by atoms with van der Waals surface area (Å²) in [6.45, 7) is 5.05. The van der Waals surface area contributed by atoms with Crippen LogP contribution in [-0.2, 0) is 5.75 Å². The third-order valence-corrected chi connectivity index (χ3v) is 6.55. The van der Waals surface area contributed by atoms with Crippen LogP contribution in [0.2, 0.25) is 0 Å². The molecule has 0 saturated heterocycles. The minimum Gasteiger partial charge on any atom is -0.491 e. The van der Waals surface area contributed by atoms with Crippen molar-refractivity contribution in [3.63, 3.8) is 0 Å². The van der Waals surface area contributed by atoms with Crippen LogP contribution in [0, 0.1) is 29.6 Å². The number of nitrogen functional groups attached to an aromatic ring is 1. The summed E-state index contributed by atoms with van der Waals surface area (Å²) in [6.07, 6.45) is -0.192. The summed E-state index contributed by atoms with van der Waals surface area (Å²) in [4.78, 5) is 20.9. The number of esters is 1. The Morgan fingerprint density at radius 1 is 1.07 bits per heavy atom. The van der Waals surface area contributed by atoms with Crippen LogP contribution in [0.25, 0.3) is 11.1 Å². The van der Waals surface area contributed by atoms with Crippen LogP contribution in [-0.4, -0.2) is 33.3 Å². The molecular weight excluding hydrogens is 530 g/mol. The number of aliphatic hydroxyl groups is 1. The molecule has 0 atom stereocenters. The highest BCUT2D eigenvalue weighted by atomic mass is 32.2. The van der Waals surface area contributed by atoms with Gasteiger partial charge in [0.1, 0.15) is 46.7 Å². The molecule has 3 N–H and O–H groups in total. The molecule has 4 rings (SSSR count). The average molecular weight is 556 g/mol. The van der Waals surface area contributed by atoms with Gasteiger partial charge in [-0.3, -0.25) is 0 Å². The molecule has 4 aromatic rings. The zero-order chi connectivity index (χ0) is 28.9. The summed E-state index contributed by atoms with van der Waals surface area (Å²) >= 11 is 1.19. The highest BCUT2D eigenvalue weighted by Gasteiger charge is 2.22. The Morgan fingerprint density at radius 2 is 1.75 bits per heavy atom. The van der Waals surface area contributed by atoms with Gasteiger partial charge < -0.3 is 24.7 Å². The summed E-state index contributed by atoms with van der Waals surface area (Å²) in [6, 6.07) is 19.5. The number of rotatable bonds is 9. The second kappa shape index (κ2) is 11.9. The molecule has 0 aliphatic heterocycles. The second-order valence-corrected chi connectivity index (χ2v) is 10.3. The monoisotopic (exact) mass is 555 g/mol. The van der Waals surface area contributed by atoms with Crippen molar-refractivity contribution < 1.29 is 23.8 Å². The van der Waals surface area contributed by atoms with Gasteiger partial charge in [0.05, 0.1) is 22.4 Å². The fourth-order valence-corrected chi connectivity index (χ4v) is 4.59. The zero-order valence-electron chi connectivity index (χ0n) is 22.0. The van der Waals surface area contributed by atoms with Crippen LogP contribution in [0.1, 0.15) is 46.8 Å². The fourth-order valence-electron chi connectivity index (χ4n) is 3.60. The van der Waals surface area contributed by atoms with Crippen molar-refractivity contribution in [2.75, 3.05) is 12.3 Å². The van der Waals surface area contributed by atoms with E-state index in [4.69, 9.17) is 19.6 Å². The number of hydrogen-bond donors (Lipinski definition) is 2. The van der Waals surface area contributed by atoms with Crippen molar-refractivity contribution in [1.82, 2.24) is 9.97 Å². The molecule has 0 fully saturated rings. The summed E-state index contributed by atoms with van der Waals surface area (Å²) in [5, 5.41) is 30.1. The van der Waals surface area contributed by atoms with Crippen molar-refractivity contribution >= 4 is 23.5 Å². The van der Waals surface area contributed by atoms with Crippen LogP contribution in [0.15, 0.2) is 64.0 Å². The van der Waals surface area contributed by atoms with Crippen molar-refractivity contribution in [3.05, 3.63) is 82.7 Å². The van der Waals surface area contributed by atoms with E-state index in [9.17, 15) is 20.4 Å². The Bertz CT molecular complexity index is 1610. The van der Waals surface area contributed by atoms with Gasteiger partial charge in [0.15, 0.2) is 0 Å². The molecule has 10 nitrogen and oxygen atoms in total. The molecular formula is C29H25N5O5S. The first-order chi connectivity index (χ1) is 19.1. The number of carbonyl (C=O) groups is 1. The van der Waals surface area contributed by atoms with Gasteiger partial charge in [0, 0.05) is 11.3 Å². The molecule has 0 aliphatic rings. The lowest BCUT2D eigenvalue weighted by molar-refractivity contribution is 0.0285. The smallest absolute Gasteiger partial charge is 0.402 e. The number of aromatic nitrogens is 2. The summed E-state index contributed by atoms with van der Waals surface area (Å²) in [5.41, 5.74) is 7.16. The van der Waals surface area contributed by atoms with E-state index >= 15 is 0 Å². The lowest BCUT2D eigenvalue weighted by Gasteiger charge is -2.18. The first-order valence-electron chi connectivity index (χ1n) is 12.0. The van der Waals surface area contributed by atoms with E-state index < -0.39 is 11.6 Å². The summed E-state index contributed by atoms with van der Waals surface area (Å²) in [5.74, 6) is 0.565. The van der Waals surface area contributed by atoms with Crippen molar-refractivity contribution in [3.8, 4) is 35.1 Å². The van der Waals surface area contributed by atoms with Crippen molar-refractivity contribution in [2.45, 2.75) is 37.2 Å². The number of benzene rings is 2. The minimum atomic E-state index is -1.00. The largest absolute Gasteiger partial charge is 0.491 e. The number of nitriles is 2. The van der Waals surface area contributed by atoms with Gasteiger partial charge >= 0.3 is 12.0 Å². The Kier molecular flexibility index (Phi) is 8.39. The summed E-state index contributed by atoms with van der Waals surface area (Å²) < 4.78 is 16.4. The third-order valence-electron chi connectivity index (χ3n) is 5.56. The molecule has 0 aliphatic carbocycles. The van der Waals surface area contributed by atoms with E-state index in [2.05, 4.69) is 22.1 Å². The fraction of sp³-hybridized carbons (Fsp3) is 0.207. The lowest BCUT2D eigenvalue weighted by Crippen LogP contribution is -2.27. The molecule has 202 valence electrons. The van der Waals surface area contributed by atoms with E-state index in [1.165, 1.54) is 11.8 Å². The first kappa shape index (κ1) is 28.2. The topological polar surface area (TPSA) is 168 Å². The molecule has 0 radical (unpaired) electrons. The SMILES string of the molecule is Cc1oc(OC(=O)c2ccccc2)nc1CSc1nc(N)c(C#N)c(-c2ccc(OCC(C)(C)O)cc2)c1C#N. The number of ether oxygens (including phenoxy) is 2. The maximum absolute atomic E-state index is 12.3. The number of carbonyl (C=O) groups excluding carboxylic acids is 1. The number of nitrogens with zero attached hydrogens (tertiary/aromatic N) is 4. The van der Waals surface area contributed by atoms with Gasteiger partial charge in [-0.2, -0.15) is 15.5 Å². The normalized spacial score (nSPS) is 10.9. The van der Waals surface area contributed by atoms with E-state index in [0.29, 0.717) is 38.9 Å². The van der Waals surface area contributed by atoms with Crippen LogP contribution < -0.4 is 15.2 Å². The first-order valence-corrected chi connectivity index (χ1v) is 13.0. The van der Waals surface area contributed by atoms with Gasteiger partial charge in [-0.25, -0.2) is 9.78 Å². The van der Waals surface area contributed by atoms with Crippen molar-refractivity contribution in [2.24, 2.45) is 0 Å². The molecule has 0 spiro atoms. The Hall–Kier alpha value is -4.84. The quantitative estimate of drug-likeness (QED) is 0.210. The number of aryl methyl sites for hydroxylation is 1. The molecule has 0 amide bonds. The van der Waals surface area contributed by atoms with Crippen LogP contribution in [0.3, 0.4) is 0 Å². The van der Waals surface area contributed by atoms with Crippen LogP contribution >= 0.6 is 11.8 Å². The predicted molar refractivity (Wildman–Crippen MR) is 148 cm³/mol. The van der Waals surface area contributed by atoms with E-state index in [0.717, 1.165) is 0 Å². The van der Waals surface area contributed by atoms with Crippen molar-refractivity contribution in [1.29, 1.82) is 10.5 Å².